The molecule has 1 aromatic heterocycles. The first kappa shape index (κ1) is 43.1. The molecule has 334 valence electrons. The van der Waals surface area contributed by atoms with Gasteiger partial charge >= 0.3 is 35.8 Å². The van der Waals surface area contributed by atoms with Crippen LogP contribution < -0.4 is 0 Å². The quantitative estimate of drug-likeness (QED) is 0.156. The maximum Gasteiger partial charge on any atom is 0.338 e. The highest BCUT2D eigenvalue weighted by Gasteiger charge is 3.07. The van der Waals surface area contributed by atoms with Gasteiger partial charge in [0.05, 0.1) is 36.5 Å². The third kappa shape index (κ3) is 4.77. The van der Waals surface area contributed by atoms with Crippen LogP contribution in [0.3, 0.4) is 0 Å². The zero-order chi connectivity index (χ0) is 45.0. The van der Waals surface area contributed by atoms with Crippen LogP contribution in [0.4, 0.5) is 0 Å². The van der Waals surface area contributed by atoms with Gasteiger partial charge < -0.3 is 57.3 Å². The molecule has 18 heteroatoms. The Balaban J connectivity index is 1.62. The number of methoxy groups -OCH3 is 1. The number of hydrogen-bond donors (Lipinski definition) is 2. The van der Waals surface area contributed by atoms with Gasteiger partial charge in [-0.3, -0.25) is 24.0 Å². The van der Waals surface area contributed by atoms with Crippen LogP contribution in [0.2, 0.25) is 0 Å². The van der Waals surface area contributed by atoms with Gasteiger partial charge in [0.25, 0.3) is 5.97 Å². The van der Waals surface area contributed by atoms with Crippen molar-refractivity contribution in [3.63, 3.8) is 0 Å². The monoisotopic (exact) mass is 858 g/mol. The van der Waals surface area contributed by atoms with E-state index >= 15 is 0 Å². The molecule has 1 aromatic rings. The number of ether oxygens (including phenoxy) is 9. The van der Waals surface area contributed by atoms with E-state index in [9.17, 15) is 39.0 Å². The van der Waals surface area contributed by atoms with Gasteiger partial charge in [0, 0.05) is 62.3 Å². The molecule has 2 spiro atoms. The van der Waals surface area contributed by atoms with E-state index in [0.717, 1.165) is 20.8 Å². The summed E-state index contributed by atoms with van der Waals surface area (Å²) in [6.07, 6.45) is -6.67. The zero-order valence-corrected chi connectivity index (χ0v) is 36.3. The average Bonchev–Trinajstić information content (AvgIpc) is 3.86. The van der Waals surface area contributed by atoms with E-state index in [1.165, 1.54) is 32.6 Å². The molecule has 3 saturated heterocycles. The number of aliphatic hydroxyl groups is 2. The topological polar surface area (TPSA) is 239 Å². The van der Waals surface area contributed by atoms with E-state index in [4.69, 9.17) is 47.0 Å². The Morgan fingerprint density at radius 3 is 2.02 bits per heavy atom. The minimum Gasteiger partial charge on any atom is -0.511 e. The van der Waals surface area contributed by atoms with Crippen LogP contribution in [0, 0.1) is 39.9 Å². The lowest BCUT2D eigenvalue weighted by molar-refractivity contribution is -0.490. The number of cyclic esters (lactones) is 1. The summed E-state index contributed by atoms with van der Waals surface area (Å²) in [6, 6.07) is 1.51. The smallest absolute Gasteiger partial charge is 0.338 e. The number of furan rings is 1. The molecule has 2 N–H and O–H groups in total. The molecule has 8 rings (SSSR count). The molecule has 0 amide bonds. The molecule has 0 aromatic carbocycles. The molecular formula is C43H54O18. The fourth-order valence-corrected chi connectivity index (χ4v) is 13.7. The molecule has 4 bridgehead atoms. The van der Waals surface area contributed by atoms with Crippen LogP contribution in [-0.2, 0) is 71.4 Å². The minimum atomic E-state index is -2.63. The SMILES string of the molecule is COC(=O)CC1C2(C)CC34OC5(C)O[C@@]6(C7/C(=C(/O)C(C)C)C(=O)OC(c8ccoc8)[C@]7(C)C(OC(C)=O)C(OC(C)=O)[C@]6(O5)[C@@]13C)C(OC(C)=O)[C@]4(O)C2OC(=O)C(C)C. The summed E-state index contributed by atoms with van der Waals surface area (Å²) in [4.78, 5) is 83.8. The summed E-state index contributed by atoms with van der Waals surface area (Å²) in [5, 5.41) is 26.6. The molecule has 61 heavy (non-hydrogen) atoms. The normalized spacial score (nSPS) is 46.7. The van der Waals surface area contributed by atoms with E-state index in [0.29, 0.717) is 0 Å². The molecule has 7 fully saturated rings. The number of allylic oxidation sites excluding steroid dienone is 1. The summed E-state index contributed by atoms with van der Waals surface area (Å²) in [6.45, 7) is 16.1. The van der Waals surface area contributed by atoms with E-state index < -0.39 is 152 Å². The largest absolute Gasteiger partial charge is 0.511 e. The first-order valence-electron chi connectivity index (χ1n) is 20.5. The van der Waals surface area contributed by atoms with Gasteiger partial charge in [0.15, 0.2) is 35.1 Å². The van der Waals surface area contributed by atoms with E-state index in [1.54, 1.807) is 48.5 Å². The molecule has 4 saturated carbocycles. The number of carbonyl (C=O) groups excluding carboxylic acids is 6. The Morgan fingerprint density at radius 1 is 0.852 bits per heavy atom. The lowest BCUT2D eigenvalue weighted by Gasteiger charge is -2.78. The zero-order valence-electron chi connectivity index (χ0n) is 36.3. The van der Waals surface area contributed by atoms with E-state index in [1.807, 2.05) is 0 Å². The highest BCUT2D eigenvalue weighted by Crippen LogP contribution is 2.90. The number of aliphatic hydroxyl groups excluding tert-OH is 1. The standard InChI is InChI=1S/C43H54O18/c1-18(2)27(48)26-28-37(9,29(57-33(26)50)23-13-14-53-16-23)30(54-20(5)44)31(55-21(6)45)43-38(10)24(15-25(47)52-12)36(8)17-40(38)41(51,34(36)58-32(49)19(3)4)35(56-22(7)46)42(28,43)60-39(11,59-40)61-43/h13-14,16,18-19,24,28-31,34-35,48,51H,15,17H2,1-12H3/b27-26-/t24?,28?,29?,30?,31?,34?,35?,36?,37-,38+,39?,40?,41-,42+,43+/m1/s1. The summed E-state index contributed by atoms with van der Waals surface area (Å²) in [5.41, 5.74) is -15.1. The molecule has 0 radical (unpaired) electrons. The predicted octanol–water partition coefficient (Wildman–Crippen LogP) is 3.67. The maximum absolute atomic E-state index is 15.0. The van der Waals surface area contributed by atoms with Gasteiger partial charge in [-0.1, -0.05) is 48.5 Å². The van der Waals surface area contributed by atoms with Crippen LogP contribution in [0.15, 0.2) is 34.3 Å². The Morgan fingerprint density at radius 2 is 1.48 bits per heavy atom. The van der Waals surface area contributed by atoms with E-state index in [2.05, 4.69) is 0 Å². The Kier molecular flexibility index (Phi) is 9.21. The minimum absolute atomic E-state index is 0.185. The summed E-state index contributed by atoms with van der Waals surface area (Å²) < 4.78 is 64.1. The van der Waals surface area contributed by atoms with Crippen LogP contribution >= 0.6 is 0 Å². The van der Waals surface area contributed by atoms with Crippen molar-refractivity contribution < 1.29 is 86.0 Å². The first-order valence-corrected chi connectivity index (χ1v) is 20.5. The van der Waals surface area contributed by atoms with Crippen LogP contribution in [0.5, 0.6) is 0 Å². The first-order chi connectivity index (χ1) is 28.3. The van der Waals surface area contributed by atoms with Gasteiger partial charge in [0.1, 0.15) is 23.6 Å². The Bertz CT molecular complexity index is 2150. The number of fused-ring (bicyclic) bond motifs is 3. The van der Waals surface area contributed by atoms with Crippen molar-refractivity contribution in [2.75, 3.05) is 7.11 Å². The number of hydrogen-bond acceptors (Lipinski definition) is 18. The van der Waals surface area contributed by atoms with Crippen molar-refractivity contribution in [1.29, 1.82) is 0 Å². The molecule has 15 atom stereocenters. The second-order valence-electron chi connectivity index (χ2n) is 19.2. The predicted molar refractivity (Wildman–Crippen MR) is 201 cm³/mol. The van der Waals surface area contributed by atoms with Crippen molar-refractivity contribution >= 4 is 35.8 Å². The molecule has 4 aliphatic carbocycles. The third-order valence-electron chi connectivity index (χ3n) is 15.3. The molecule has 7 aliphatic rings. The van der Waals surface area contributed by atoms with Gasteiger partial charge in [-0.05, 0) is 18.4 Å². The van der Waals surface area contributed by atoms with Gasteiger partial charge in [0.2, 0.25) is 0 Å². The fraction of sp³-hybridized carbons (Fsp3) is 0.721. The van der Waals surface area contributed by atoms with Gasteiger partial charge in [-0.15, -0.1) is 0 Å². The number of carbonyl (C=O) groups is 6. The summed E-state index contributed by atoms with van der Waals surface area (Å²) in [7, 11) is 1.19. The Labute approximate surface area is 351 Å². The van der Waals surface area contributed by atoms with Crippen LogP contribution in [-0.4, -0.2) is 106 Å². The molecule has 10 unspecified atom stereocenters. The lowest BCUT2D eigenvalue weighted by Crippen LogP contribution is -2.97. The van der Waals surface area contributed by atoms with Crippen molar-refractivity contribution in [2.45, 2.75) is 148 Å². The molecule has 4 heterocycles. The second-order valence-corrected chi connectivity index (χ2v) is 19.2. The average molecular weight is 859 g/mol. The molecular weight excluding hydrogens is 804 g/mol. The van der Waals surface area contributed by atoms with Crippen molar-refractivity contribution in [3.8, 4) is 0 Å². The Hall–Kier alpha value is -4.52. The highest BCUT2D eigenvalue weighted by molar-refractivity contribution is 5.92. The van der Waals surface area contributed by atoms with Crippen LogP contribution in [0.25, 0.3) is 0 Å². The van der Waals surface area contributed by atoms with Crippen molar-refractivity contribution in [1.82, 2.24) is 0 Å². The van der Waals surface area contributed by atoms with Gasteiger partial charge in [-0.2, -0.15) is 0 Å². The van der Waals surface area contributed by atoms with Crippen LogP contribution in [0.1, 0.15) is 101 Å². The van der Waals surface area contributed by atoms with E-state index in [-0.39, 0.29) is 12.0 Å². The molecule has 18 nitrogen and oxygen atoms in total. The number of rotatable bonds is 9. The highest BCUT2D eigenvalue weighted by atomic mass is 16.9. The fourth-order valence-electron chi connectivity index (χ4n) is 13.7. The lowest BCUT2D eigenvalue weighted by atomic mass is 9.32. The van der Waals surface area contributed by atoms with Crippen molar-refractivity contribution in [2.24, 2.45) is 39.9 Å². The summed E-state index contributed by atoms with van der Waals surface area (Å²) in [5.74, 6) is -12.4. The number of esters is 6. The second kappa shape index (κ2) is 13.0. The summed E-state index contributed by atoms with van der Waals surface area (Å²) >= 11 is 0. The maximum atomic E-state index is 15.0. The molecule has 3 aliphatic heterocycles. The van der Waals surface area contributed by atoms with Crippen molar-refractivity contribution in [3.05, 3.63) is 35.5 Å². The third-order valence-corrected chi connectivity index (χ3v) is 15.3. The van der Waals surface area contributed by atoms with Gasteiger partial charge in [-0.25, -0.2) is 4.79 Å².